The van der Waals surface area contributed by atoms with E-state index in [0.717, 1.165) is 12.8 Å². The Bertz CT molecular complexity index is 488. The molecule has 0 aliphatic carbocycles. The van der Waals surface area contributed by atoms with Gasteiger partial charge in [0.2, 0.25) is 0 Å². The normalized spacial score (nSPS) is 11.5. The number of esters is 2. The van der Waals surface area contributed by atoms with Gasteiger partial charge in [0.05, 0.1) is 33.0 Å². The van der Waals surface area contributed by atoms with E-state index < -0.39 is 5.60 Å². The summed E-state index contributed by atoms with van der Waals surface area (Å²) in [7, 11) is 0. The van der Waals surface area contributed by atoms with Gasteiger partial charge >= 0.3 is 11.9 Å². The monoisotopic (exact) mass is 502 g/mol. The molecule has 0 saturated heterocycles. The van der Waals surface area contributed by atoms with Crippen LogP contribution in [-0.2, 0) is 33.3 Å². The molecule has 0 amide bonds. The molecule has 0 bridgehead atoms. The molecule has 0 aromatic rings. The standard InChI is InChI=1S/C28H54O7/c1-5-6-7-8-9-10-11-12-13-14-15-16-17-18-26(29)34-24-23-32-20-19-31-21-22-33-25-27(30)35-28(2,3)4/h5-25H2,1-4H3. The molecule has 0 aromatic heterocycles. The summed E-state index contributed by atoms with van der Waals surface area (Å²) in [6, 6.07) is 0. The van der Waals surface area contributed by atoms with E-state index in [1.54, 1.807) is 0 Å². The highest BCUT2D eigenvalue weighted by Crippen LogP contribution is 2.13. The molecule has 35 heavy (non-hydrogen) atoms. The Hall–Kier alpha value is -1.18. The second-order valence-electron chi connectivity index (χ2n) is 10.1. The van der Waals surface area contributed by atoms with Gasteiger partial charge in [0.15, 0.2) is 0 Å². The smallest absolute Gasteiger partial charge is 0.332 e. The van der Waals surface area contributed by atoms with Gasteiger partial charge in [-0.25, -0.2) is 4.79 Å². The highest BCUT2D eigenvalue weighted by Gasteiger charge is 2.15. The van der Waals surface area contributed by atoms with Crippen LogP contribution in [-0.4, -0.2) is 63.8 Å². The van der Waals surface area contributed by atoms with Crippen molar-refractivity contribution in [1.29, 1.82) is 0 Å². The second-order valence-corrected chi connectivity index (χ2v) is 10.1. The first kappa shape index (κ1) is 33.8. The Balaban J connectivity index is 3.24. The molecule has 7 heteroatoms. The van der Waals surface area contributed by atoms with Gasteiger partial charge in [-0.3, -0.25) is 4.79 Å². The molecule has 0 rings (SSSR count). The zero-order valence-electron chi connectivity index (χ0n) is 23.2. The van der Waals surface area contributed by atoms with Crippen LogP contribution in [0.3, 0.4) is 0 Å². The molecular formula is C28H54O7. The summed E-state index contributed by atoms with van der Waals surface area (Å²) in [5.74, 6) is -0.528. The van der Waals surface area contributed by atoms with Crippen LogP contribution in [0.15, 0.2) is 0 Å². The number of hydrogen-bond donors (Lipinski definition) is 0. The Morgan fingerprint density at radius 2 is 0.971 bits per heavy atom. The van der Waals surface area contributed by atoms with E-state index in [4.69, 9.17) is 23.7 Å². The summed E-state index contributed by atoms with van der Waals surface area (Å²) < 4.78 is 26.3. The van der Waals surface area contributed by atoms with Crippen LogP contribution >= 0.6 is 0 Å². The molecule has 0 aliphatic heterocycles. The maximum absolute atomic E-state index is 11.8. The van der Waals surface area contributed by atoms with Crippen molar-refractivity contribution in [2.45, 2.75) is 123 Å². The first-order valence-corrected chi connectivity index (χ1v) is 14.0. The highest BCUT2D eigenvalue weighted by molar-refractivity contribution is 5.71. The Morgan fingerprint density at radius 3 is 1.46 bits per heavy atom. The molecule has 0 spiro atoms. The van der Waals surface area contributed by atoms with E-state index >= 15 is 0 Å². The van der Waals surface area contributed by atoms with Gasteiger partial charge in [-0.1, -0.05) is 84.0 Å². The van der Waals surface area contributed by atoms with Gasteiger partial charge in [-0.2, -0.15) is 0 Å². The van der Waals surface area contributed by atoms with Crippen LogP contribution in [0, 0.1) is 0 Å². The summed E-state index contributed by atoms with van der Waals surface area (Å²) >= 11 is 0. The van der Waals surface area contributed by atoms with Crippen molar-refractivity contribution in [3.8, 4) is 0 Å². The average molecular weight is 503 g/mol. The summed E-state index contributed by atoms with van der Waals surface area (Å²) in [6.07, 6.45) is 17.3. The van der Waals surface area contributed by atoms with E-state index in [1.165, 1.54) is 70.6 Å². The summed E-state index contributed by atoms with van der Waals surface area (Å²) in [5.41, 5.74) is -0.505. The van der Waals surface area contributed by atoms with Crippen molar-refractivity contribution in [2.75, 3.05) is 46.2 Å². The van der Waals surface area contributed by atoms with E-state index in [9.17, 15) is 9.59 Å². The van der Waals surface area contributed by atoms with Crippen molar-refractivity contribution in [3.63, 3.8) is 0 Å². The molecule has 0 heterocycles. The maximum Gasteiger partial charge on any atom is 0.332 e. The summed E-state index contributed by atoms with van der Waals surface area (Å²) in [6.45, 7) is 9.79. The zero-order chi connectivity index (χ0) is 26.0. The number of carbonyl (C=O) groups excluding carboxylic acids is 2. The average Bonchev–Trinajstić information content (AvgIpc) is 2.79. The number of ether oxygens (including phenoxy) is 5. The minimum atomic E-state index is -0.505. The van der Waals surface area contributed by atoms with Crippen LogP contribution in [0.5, 0.6) is 0 Å². The van der Waals surface area contributed by atoms with Crippen molar-refractivity contribution >= 4 is 11.9 Å². The number of unbranched alkanes of at least 4 members (excludes halogenated alkanes) is 12. The quantitative estimate of drug-likeness (QED) is 0.105. The van der Waals surface area contributed by atoms with Crippen molar-refractivity contribution < 1.29 is 33.3 Å². The number of hydrogen-bond acceptors (Lipinski definition) is 7. The van der Waals surface area contributed by atoms with Crippen LogP contribution in [0.1, 0.15) is 118 Å². The molecule has 0 unspecified atom stereocenters. The van der Waals surface area contributed by atoms with Gasteiger partial charge < -0.3 is 23.7 Å². The zero-order valence-corrected chi connectivity index (χ0v) is 23.2. The summed E-state index contributed by atoms with van der Waals surface area (Å²) in [5, 5.41) is 0. The topological polar surface area (TPSA) is 80.3 Å². The van der Waals surface area contributed by atoms with E-state index in [2.05, 4.69) is 6.92 Å². The first-order chi connectivity index (χ1) is 16.8. The third-order valence-electron chi connectivity index (χ3n) is 5.36. The van der Waals surface area contributed by atoms with Gasteiger partial charge in [-0.05, 0) is 27.2 Å². The molecule has 208 valence electrons. The lowest BCUT2D eigenvalue weighted by Gasteiger charge is -2.19. The predicted molar refractivity (Wildman–Crippen MR) is 140 cm³/mol. The lowest BCUT2D eigenvalue weighted by Crippen LogP contribution is -2.27. The second kappa shape index (κ2) is 24.5. The van der Waals surface area contributed by atoms with Crippen molar-refractivity contribution in [2.24, 2.45) is 0 Å². The number of rotatable bonds is 25. The van der Waals surface area contributed by atoms with E-state index in [-0.39, 0.29) is 25.2 Å². The molecule has 0 aliphatic rings. The SMILES string of the molecule is CCCCCCCCCCCCCCCC(=O)OCCOCCOCCOCC(=O)OC(C)(C)C. The molecule has 0 atom stereocenters. The van der Waals surface area contributed by atoms with Crippen molar-refractivity contribution in [1.82, 2.24) is 0 Å². The minimum Gasteiger partial charge on any atom is -0.463 e. The highest BCUT2D eigenvalue weighted by atomic mass is 16.6. The summed E-state index contributed by atoms with van der Waals surface area (Å²) in [4.78, 5) is 23.2. The van der Waals surface area contributed by atoms with Gasteiger partial charge in [0.25, 0.3) is 0 Å². The third kappa shape index (κ3) is 28.9. The van der Waals surface area contributed by atoms with Crippen LogP contribution in [0.2, 0.25) is 0 Å². The fourth-order valence-corrected chi connectivity index (χ4v) is 3.54. The van der Waals surface area contributed by atoms with Gasteiger partial charge in [0, 0.05) is 6.42 Å². The largest absolute Gasteiger partial charge is 0.463 e. The Labute approximate surface area is 214 Å². The van der Waals surface area contributed by atoms with Crippen LogP contribution in [0.4, 0.5) is 0 Å². The molecule has 7 nitrogen and oxygen atoms in total. The molecule has 0 fully saturated rings. The van der Waals surface area contributed by atoms with Crippen LogP contribution < -0.4 is 0 Å². The molecule has 0 N–H and O–H groups in total. The van der Waals surface area contributed by atoms with Gasteiger partial charge in [0.1, 0.15) is 18.8 Å². The third-order valence-corrected chi connectivity index (χ3v) is 5.36. The fourth-order valence-electron chi connectivity index (χ4n) is 3.54. The number of carbonyl (C=O) groups is 2. The van der Waals surface area contributed by atoms with Crippen molar-refractivity contribution in [3.05, 3.63) is 0 Å². The molecular weight excluding hydrogens is 448 g/mol. The Morgan fingerprint density at radius 1 is 0.543 bits per heavy atom. The first-order valence-electron chi connectivity index (χ1n) is 14.0. The molecule has 0 aromatic carbocycles. The Kier molecular flexibility index (Phi) is 23.7. The van der Waals surface area contributed by atoms with E-state index in [0.29, 0.717) is 39.5 Å². The fraction of sp³-hybridized carbons (Fsp3) is 0.929. The lowest BCUT2D eigenvalue weighted by molar-refractivity contribution is -0.160. The molecule has 0 saturated carbocycles. The maximum atomic E-state index is 11.8. The molecule has 0 radical (unpaired) electrons. The minimum absolute atomic E-state index is 0.0815. The lowest BCUT2D eigenvalue weighted by atomic mass is 10.0. The predicted octanol–water partition coefficient (Wildman–Crippen LogP) is 6.40. The van der Waals surface area contributed by atoms with E-state index in [1.807, 2.05) is 20.8 Å². The van der Waals surface area contributed by atoms with Crippen LogP contribution in [0.25, 0.3) is 0 Å². The van der Waals surface area contributed by atoms with Gasteiger partial charge in [-0.15, -0.1) is 0 Å².